The molecule has 0 amide bonds. The fourth-order valence-electron chi connectivity index (χ4n) is 0.999. The van der Waals surface area contributed by atoms with Crippen molar-refractivity contribution in [2.45, 2.75) is 12.1 Å². The second kappa shape index (κ2) is 4.68. The van der Waals surface area contributed by atoms with Gasteiger partial charge in [-0.15, -0.1) is 10.2 Å². The zero-order valence-corrected chi connectivity index (χ0v) is 10.7. The number of rotatable bonds is 5. The van der Waals surface area contributed by atoms with Crippen LogP contribution < -0.4 is 0 Å². The lowest BCUT2D eigenvalue weighted by atomic mass is 10.7. The van der Waals surface area contributed by atoms with Crippen molar-refractivity contribution in [3.63, 3.8) is 0 Å². The minimum atomic E-state index is -4.64. The van der Waals surface area contributed by atoms with Gasteiger partial charge in [0.2, 0.25) is 15.0 Å². The van der Waals surface area contributed by atoms with Gasteiger partial charge in [-0.3, -0.25) is 4.55 Å². The number of hydrogen-bond acceptors (Lipinski definition) is 7. The third-order valence-corrected chi connectivity index (χ3v) is 4.00. The highest BCUT2D eigenvalue weighted by atomic mass is 32.3. The van der Waals surface area contributed by atoms with Crippen LogP contribution in [0.4, 0.5) is 0 Å². The standard InChI is InChI=1S/C6H11N3O6S2/c1-5-7-8-6(9(5)2)16(10,11)4-3-15-17(12,13)14/h3-4H2,1-2H3,(H,12,13,14). The van der Waals surface area contributed by atoms with Crippen molar-refractivity contribution in [1.29, 1.82) is 0 Å². The summed E-state index contributed by atoms with van der Waals surface area (Å²) in [4.78, 5) is 0. The van der Waals surface area contributed by atoms with E-state index in [1.54, 1.807) is 6.92 Å². The van der Waals surface area contributed by atoms with Crippen molar-refractivity contribution in [3.8, 4) is 0 Å². The molecule has 1 rings (SSSR count). The lowest BCUT2D eigenvalue weighted by molar-refractivity contribution is 0.283. The summed E-state index contributed by atoms with van der Waals surface area (Å²) in [5, 5.41) is 6.74. The van der Waals surface area contributed by atoms with Gasteiger partial charge in [0, 0.05) is 7.05 Å². The molecule has 0 atom stereocenters. The van der Waals surface area contributed by atoms with Crippen LogP contribution in [0.25, 0.3) is 0 Å². The molecule has 0 saturated carbocycles. The van der Waals surface area contributed by atoms with Gasteiger partial charge in [-0.25, -0.2) is 12.6 Å². The molecule has 11 heteroatoms. The fourth-order valence-corrected chi connectivity index (χ4v) is 2.60. The molecule has 0 spiro atoms. The summed E-state index contributed by atoms with van der Waals surface area (Å²) in [5.74, 6) is -0.224. The van der Waals surface area contributed by atoms with Crippen molar-refractivity contribution < 1.29 is 25.6 Å². The second-order valence-corrected chi connectivity index (χ2v) is 6.25. The number of aryl methyl sites for hydroxylation is 1. The largest absolute Gasteiger partial charge is 0.397 e. The Morgan fingerprint density at radius 2 is 1.88 bits per heavy atom. The zero-order valence-electron chi connectivity index (χ0n) is 9.06. The van der Waals surface area contributed by atoms with Crippen molar-refractivity contribution >= 4 is 20.2 Å². The lowest BCUT2D eigenvalue weighted by Gasteiger charge is -2.03. The van der Waals surface area contributed by atoms with Gasteiger partial charge in [0.15, 0.2) is 0 Å². The van der Waals surface area contributed by atoms with Crippen molar-refractivity contribution in [1.82, 2.24) is 14.8 Å². The molecule has 1 aromatic heterocycles. The molecule has 0 saturated heterocycles. The molecule has 0 aliphatic carbocycles. The Hall–Kier alpha value is -1.04. The third-order valence-electron chi connectivity index (χ3n) is 1.92. The summed E-state index contributed by atoms with van der Waals surface area (Å²) in [6.45, 7) is 0.883. The third kappa shape index (κ3) is 3.73. The van der Waals surface area contributed by atoms with Gasteiger partial charge >= 0.3 is 10.4 Å². The van der Waals surface area contributed by atoms with Gasteiger partial charge in [-0.05, 0) is 6.92 Å². The fraction of sp³-hybridized carbons (Fsp3) is 0.667. The smallest absolute Gasteiger partial charge is 0.305 e. The Labute approximate surface area is 98.3 Å². The maximum absolute atomic E-state index is 11.7. The molecule has 17 heavy (non-hydrogen) atoms. The SMILES string of the molecule is Cc1nnc(S(=O)(=O)CCOS(=O)(=O)O)n1C. The average Bonchev–Trinajstić information content (AvgIpc) is 2.45. The molecule has 0 unspecified atom stereocenters. The van der Waals surface area contributed by atoms with Gasteiger partial charge in [-0.1, -0.05) is 0 Å². The van der Waals surface area contributed by atoms with E-state index in [1.165, 1.54) is 11.6 Å². The van der Waals surface area contributed by atoms with Gasteiger partial charge < -0.3 is 4.57 Å². The van der Waals surface area contributed by atoms with Gasteiger partial charge in [0.05, 0.1) is 12.4 Å². The predicted molar refractivity (Wildman–Crippen MR) is 55.3 cm³/mol. The Bertz CT molecular complexity index is 602. The first-order valence-electron chi connectivity index (χ1n) is 4.34. The highest BCUT2D eigenvalue weighted by Crippen LogP contribution is 2.08. The number of aromatic nitrogens is 3. The summed E-state index contributed by atoms with van der Waals surface area (Å²) in [5.41, 5.74) is 0. The Morgan fingerprint density at radius 3 is 2.29 bits per heavy atom. The Kier molecular flexibility index (Phi) is 3.86. The molecular weight excluding hydrogens is 274 g/mol. The summed E-state index contributed by atoms with van der Waals surface area (Å²) < 4.78 is 57.2. The molecule has 0 bridgehead atoms. The number of sulfone groups is 1. The van der Waals surface area contributed by atoms with Crippen LogP contribution in [-0.4, -0.2) is 48.5 Å². The zero-order chi connectivity index (χ0) is 13.3. The van der Waals surface area contributed by atoms with E-state index >= 15 is 0 Å². The molecule has 1 heterocycles. The van der Waals surface area contributed by atoms with Gasteiger partial charge in [0.1, 0.15) is 5.82 Å². The maximum Gasteiger partial charge on any atom is 0.397 e. The van der Waals surface area contributed by atoms with Gasteiger partial charge in [0.25, 0.3) is 0 Å². The monoisotopic (exact) mass is 285 g/mol. The van der Waals surface area contributed by atoms with E-state index in [-0.39, 0.29) is 5.16 Å². The molecule has 9 nitrogen and oxygen atoms in total. The molecule has 98 valence electrons. The van der Waals surface area contributed by atoms with Crippen molar-refractivity contribution in [2.24, 2.45) is 7.05 Å². The summed E-state index contributed by atoms with van der Waals surface area (Å²) in [6, 6.07) is 0. The quantitative estimate of drug-likeness (QED) is 0.662. The minimum Gasteiger partial charge on any atom is -0.305 e. The Morgan fingerprint density at radius 1 is 1.29 bits per heavy atom. The molecule has 0 aliphatic heterocycles. The molecule has 0 radical (unpaired) electrons. The summed E-state index contributed by atoms with van der Waals surface area (Å²) in [6.07, 6.45) is 0. The Balaban J connectivity index is 2.80. The minimum absolute atomic E-state index is 0.283. The van der Waals surface area contributed by atoms with E-state index in [9.17, 15) is 16.8 Å². The molecule has 0 aromatic carbocycles. The molecule has 0 fully saturated rings. The molecular formula is C6H11N3O6S2. The van der Waals surface area contributed by atoms with E-state index in [2.05, 4.69) is 14.4 Å². The van der Waals surface area contributed by atoms with E-state index in [0.29, 0.717) is 5.82 Å². The second-order valence-electron chi connectivity index (χ2n) is 3.16. The first kappa shape index (κ1) is 14.0. The highest BCUT2D eigenvalue weighted by molar-refractivity contribution is 7.91. The van der Waals surface area contributed by atoms with Crippen molar-refractivity contribution in [3.05, 3.63) is 5.82 Å². The van der Waals surface area contributed by atoms with E-state index in [1.807, 2.05) is 0 Å². The lowest BCUT2D eigenvalue weighted by Crippen LogP contribution is -2.18. The number of nitrogens with zero attached hydrogens (tertiary/aromatic N) is 3. The predicted octanol–water partition coefficient (Wildman–Crippen LogP) is -1.28. The topological polar surface area (TPSA) is 128 Å². The maximum atomic E-state index is 11.7. The summed E-state index contributed by atoms with van der Waals surface area (Å²) in [7, 11) is -6.98. The van der Waals surface area contributed by atoms with E-state index in [0.717, 1.165) is 0 Å². The van der Waals surface area contributed by atoms with Gasteiger partial charge in [-0.2, -0.15) is 8.42 Å². The van der Waals surface area contributed by atoms with Crippen LogP contribution in [0, 0.1) is 6.92 Å². The van der Waals surface area contributed by atoms with Crippen LogP contribution in [-0.2, 0) is 31.5 Å². The normalized spacial score (nSPS) is 12.9. The van der Waals surface area contributed by atoms with Crippen LogP contribution >= 0.6 is 0 Å². The molecule has 1 N–H and O–H groups in total. The first-order chi connectivity index (χ1) is 7.63. The van der Waals surface area contributed by atoms with Crippen LogP contribution in [0.15, 0.2) is 5.16 Å². The van der Waals surface area contributed by atoms with Crippen LogP contribution in [0.3, 0.4) is 0 Å². The van der Waals surface area contributed by atoms with Crippen molar-refractivity contribution in [2.75, 3.05) is 12.4 Å². The number of hydrogen-bond donors (Lipinski definition) is 1. The van der Waals surface area contributed by atoms with E-state index < -0.39 is 32.6 Å². The highest BCUT2D eigenvalue weighted by Gasteiger charge is 2.22. The van der Waals surface area contributed by atoms with E-state index in [4.69, 9.17) is 4.55 Å². The molecule has 1 aromatic rings. The van der Waals surface area contributed by atoms with Crippen LogP contribution in [0.2, 0.25) is 0 Å². The average molecular weight is 285 g/mol. The van der Waals surface area contributed by atoms with Crippen LogP contribution in [0.1, 0.15) is 5.82 Å². The molecule has 0 aliphatic rings. The van der Waals surface area contributed by atoms with Crippen LogP contribution in [0.5, 0.6) is 0 Å². The first-order valence-corrected chi connectivity index (χ1v) is 7.36. The summed E-state index contributed by atoms with van der Waals surface area (Å²) >= 11 is 0.